The van der Waals surface area contributed by atoms with Crippen molar-refractivity contribution in [1.82, 2.24) is 20.5 Å². The number of hydrogen-bond donors (Lipinski definition) is 3. The van der Waals surface area contributed by atoms with Crippen LogP contribution in [0.2, 0.25) is 0 Å². The van der Waals surface area contributed by atoms with Gasteiger partial charge in [-0.1, -0.05) is 0 Å². The van der Waals surface area contributed by atoms with Crippen molar-refractivity contribution in [1.29, 1.82) is 0 Å². The summed E-state index contributed by atoms with van der Waals surface area (Å²) < 4.78 is 0. The van der Waals surface area contributed by atoms with Crippen LogP contribution in [-0.2, 0) is 6.42 Å². The highest BCUT2D eigenvalue weighted by atomic mass is 15.6. The molecule has 0 saturated carbocycles. The molecular weight excluding hydrogens is 142 g/mol. The smallest absolute Gasteiger partial charge is 0.0921 e. The molecule has 0 aliphatic carbocycles. The van der Waals surface area contributed by atoms with Crippen molar-refractivity contribution in [3.05, 3.63) is 18.2 Å². The van der Waals surface area contributed by atoms with Crippen LogP contribution in [0.15, 0.2) is 12.5 Å². The maximum Gasteiger partial charge on any atom is 0.0921 e. The molecule has 0 fully saturated rings. The second-order valence-electron chi connectivity index (χ2n) is 2.24. The van der Waals surface area contributed by atoms with Crippen LogP contribution >= 0.6 is 0 Å². The quantitative estimate of drug-likeness (QED) is 0.396. The van der Waals surface area contributed by atoms with Crippen LogP contribution in [0.1, 0.15) is 5.69 Å². The average molecular weight is 155 g/mol. The molecule has 1 aromatic heterocycles. The lowest BCUT2D eigenvalue weighted by Gasteiger charge is -2.12. The van der Waals surface area contributed by atoms with E-state index in [2.05, 4.69) is 15.4 Å². The van der Waals surface area contributed by atoms with Gasteiger partial charge in [-0.05, 0) is 0 Å². The van der Waals surface area contributed by atoms with Gasteiger partial charge in [0.1, 0.15) is 0 Å². The van der Waals surface area contributed by atoms with Crippen molar-refractivity contribution in [2.24, 2.45) is 5.84 Å². The van der Waals surface area contributed by atoms with Gasteiger partial charge in [-0.2, -0.15) is 5.12 Å². The summed E-state index contributed by atoms with van der Waals surface area (Å²) in [5.41, 5.74) is 3.90. The summed E-state index contributed by atoms with van der Waals surface area (Å²) in [6.07, 6.45) is 4.33. The number of nitrogens with two attached hydrogens (primary N) is 1. The molecule has 0 aromatic carbocycles. The molecule has 11 heavy (non-hydrogen) atoms. The number of hydrogen-bond acceptors (Lipinski definition) is 4. The Hall–Kier alpha value is -0.910. The highest BCUT2D eigenvalue weighted by molar-refractivity contribution is 4.94. The molecule has 0 spiro atoms. The standard InChI is InChI=1S/C6H13N5/c1-8-11(7)3-2-6-4-9-5-10-6/h4-5,8H,2-3,7H2,1H3,(H,9,10). The molecule has 0 saturated heterocycles. The predicted octanol–water partition coefficient (Wildman–Crippen LogP) is -0.738. The lowest BCUT2D eigenvalue weighted by molar-refractivity contribution is 0.216. The van der Waals surface area contributed by atoms with Gasteiger partial charge in [0.15, 0.2) is 0 Å². The first-order valence-corrected chi connectivity index (χ1v) is 3.50. The molecular formula is C6H13N5. The van der Waals surface area contributed by atoms with Crippen molar-refractivity contribution >= 4 is 0 Å². The van der Waals surface area contributed by atoms with E-state index in [-0.39, 0.29) is 0 Å². The Labute approximate surface area is 65.5 Å². The molecule has 0 aliphatic rings. The zero-order valence-electron chi connectivity index (χ0n) is 6.54. The molecule has 0 unspecified atom stereocenters. The Morgan fingerprint density at radius 2 is 2.64 bits per heavy atom. The number of nitrogens with zero attached hydrogens (tertiary/aromatic N) is 2. The van der Waals surface area contributed by atoms with E-state index in [4.69, 9.17) is 5.84 Å². The van der Waals surface area contributed by atoms with Gasteiger partial charge in [-0.25, -0.2) is 10.4 Å². The largest absolute Gasteiger partial charge is 0.348 e. The van der Waals surface area contributed by atoms with Crippen molar-refractivity contribution < 1.29 is 0 Å². The third kappa shape index (κ3) is 2.67. The molecule has 5 nitrogen and oxygen atoms in total. The summed E-state index contributed by atoms with van der Waals surface area (Å²) in [5, 5.41) is 1.53. The fraction of sp³-hybridized carbons (Fsp3) is 0.500. The van der Waals surface area contributed by atoms with Gasteiger partial charge in [0, 0.05) is 31.9 Å². The molecule has 62 valence electrons. The second kappa shape index (κ2) is 4.07. The molecule has 1 heterocycles. The molecule has 4 N–H and O–H groups in total. The molecule has 0 amide bonds. The van der Waals surface area contributed by atoms with Crippen LogP contribution in [0.4, 0.5) is 0 Å². The fourth-order valence-corrected chi connectivity index (χ4v) is 0.774. The minimum atomic E-state index is 0.763. The number of nitrogens with one attached hydrogen (secondary N) is 2. The third-order valence-electron chi connectivity index (χ3n) is 1.46. The summed E-state index contributed by atoms with van der Waals surface area (Å²) in [6.45, 7) is 0.763. The Bertz CT molecular complexity index is 183. The molecule has 1 rings (SSSR count). The van der Waals surface area contributed by atoms with Crippen LogP contribution in [-0.4, -0.2) is 28.7 Å². The van der Waals surface area contributed by atoms with Crippen LogP contribution in [0.25, 0.3) is 0 Å². The molecule has 0 aliphatic heterocycles. The van der Waals surface area contributed by atoms with E-state index in [1.54, 1.807) is 19.6 Å². The highest BCUT2D eigenvalue weighted by Crippen LogP contribution is 1.91. The number of rotatable bonds is 4. The molecule has 0 bridgehead atoms. The van der Waals surface area contributed by atoms with Crippen LogP contribution in [0, 0.1) is 0 Å². The van der Waals surface area contributed by atoms with Crippen molar-refractivity contribution in [3.63, 3.8) is 0 Å². The molecule has 0 radical (unpaired) electrons. The van der Waals surface area contributed by atoms with Crippen molar-refractivity contribution in [2.75, 3.05) is 13.6 Å². The first-order valence-electron chi connectivity index (χ1n) is 3.50. The summed E-state index contributed by atoms with van der Waals surface area (Å²) in [6, 6.07) is 0. The number of aromatic amines is 1. The van der Waals surface area contributed by atoms with Crippen LogP contribution in [0.3, 0.4) is 0 Å². The number of aromatic nitrogens is 2. The zero-order chi connectivity index (χ0) is 8.10. The van der Waals surface area contributed by atoms with E-state index in [9.17, 15) is 0 Å². The van der Waals surface area contributed by atoms with Gasteiger partial charge in [0.2, 0.25) is 0 Å². The Morgan fingerprint density at radius 3 is 3.18 bits per heavy atom. The van der Waals surface area contributed by atoms with Gasteiger partial charge >= 0.3 is 0 Å². The van der Waals surface area contributed by atoms with E-state index >= 15 is 0 Å². The van der Waals surface area contributed by atoms with E-state index in [0.29, 0.717) is 0 Å². The molecule has 1 aromatic rings. The van der Waals surface area contributed by atoms with Gasteiger partial charge in [-0.3, -0.25) is 5.84 Å². The minimum absolute atomic E-state index is 0.763. The topological polar surface area (TPSA) is 70.0 Å². The number of H-pyrrole nitrogens is 1. The van der Waals surface area contributed by atoms with Crippen LogP contribution in [0.5, 0.6) is 0 Å². The normalized spacial score (nSPS) is 10.8. The molecule has 0 atom stereocenters. The summed E-state index contributed by atoms with van der Waals surface area (Å²) in [5.74, 6) is 5.48. The van der Waals surface area contributed by atoms with E-state index < -0.39 is 0 Å². The van der Waals surface area contributed by atoms with E-state index in [0.717, 1.165) is 18.7 Å². The predicted molar refractivity (Wildman–Crippen MR) is 42.2 cm³/mol. The first kappa shape index (κ1) is 8.19. The van der Waals surface area contributed by atoms with Crippen molar-refractivity contribution in [2.45, 2.75) is 6.42 Å². The summed E-state index contributed by atoms with van der Waals surface area (Å²) >= 11 is 0. The number of hydrazine groups is 2. The summed E-state index contributed by atoms with van der Waals surface area (Å²) in [4.78, 5) is 6.89. The van der Waals surface area contributed by atoms with Gasteiger partial charge in [-0.15, -0.1) is 0 Å². The zero-order valence-corrected chi connectivity index (χ0v) is 6.54. The van der Waals surface area contributed by atoms with Gasteiger partial charge in [0.05, 0.1) is 6.33 Å². The maximum absolute atomic E-state index is 5.48. The monoisotopic (exact) mass is 155 g/mol. The summed E-state index contributed by atoms with van der Waals surface area (Å²) in [7, 11) is 1.78. The van der Waals surface area contributed by atoms with Crippen LogP contribution < -0.4 is 11.3 Å². The van der Waals surface area contributed by atoms with E-state index in [1.807, 2.05) is 0 Å². The Morgan fingerprint density at radius 1 is 1.82 bits per heavy atom. The highest BCUT2D eigenvalue weighted by Gasteiger charge is 1.96. The SMILES string of the molecule is CNN(N)CCc1cnc[nH]1. The number of imidazole rings is 1. The second-order valence-corrected chi connectivity index (χ2v) is 2.24. The lowest BCUT2D eigenvalue weighted by Crippen LogP contribution is -2.42. The van der Waals surface area contributed by atoms with Gasteiger partial charge in [0.25, 0.3) is 0 Å². The fourth-order valence-electron chi connectivity index (χ4n) is 0.774. The Kier molecular flexibility index (Phi) is 3.03. The third-order valence-corrected chi connectivity index (χ3v) is 1.46. The first-order chi connectivity index (χ1) is 5.33. The average Bonchev–Trinajstić information content (AvgIpc) is 2.52. The van der Waals surface area contributed by atoms with Crippen molar-refractivity contribution in [3.8, 4) is 0 Å². The van der Waals surface area contributed by atoms with E-state index in [1.165, 1.54) is 5.12 Å². The lowest BCUT2D eigenvalue weighted by atomic mass is 10.3. The molecule has 5 heteroatoms. The van der Waals surface area contributed by atoms with Gasteiger partial charge < -0.3 is 4.98 Å². The maximum atomic E-state index is 5.48. The minimum Gasteiger partial charge on any atom is -0.348 e. The Balaban J connectivity index is 2.23.